The van der Waals surface area contributed by atoms with E-state index in [-0.39, 0.29) is 12.1 Å². The number of nitrogens with zero attached hydrogens (tertiary/aromatic N) is 3. The number of H-pyrrole nitrogens is 1. The number of aromatic nitrogens is 3. The summed E-state index contributed by atoms with van der Waals surface area (Å²) in [6.45, 7) is 3.07. The zero-order valence-corrected chi connectivity index (χ0v) is 12.2. The van der Waals surface area contributed by atoms with Crippen LogP contribution in [0.3, 0.4) is 0 Å². The highest BCUT2D eigenvalue weighted by atomic mass is 35.5. The molecule has 2 aromatic rings. The van der Waals surface area contributed by atoms with Crippen molar-refractivity contribution in [1.82, 2.24) is 15.2 Å². The highest BCUT2D eigenvalue weighted by Crippen LogP contribution is 2.32. The van der Waals surface area contributed by atoms with Gasteiger partial charge in [-0.05, 0) is 31.2 Å². The van der Waals surface area contributed by atoms with E-state index in [2.05, 4.69) is 27.0 Å². The average Bonchev–Trinajstić information content (AvgIpc) is 3.01. The van der Waals surface area contributed by atoms with Gasteiger partial charge in [-0.2, -0.15) is 4.98 Å². The summed E-state index contributed by atoms with van der Waals surface area (Å²) in [4.78, 5) is 7.64. The molecule has 0 radical (unpaired) electrons. The topological polar surface area (TPSA) is 70.8 Å². The van der Waals surface area contributed by atoms with Crippen molar-refractivity contribution in [3.05, 3.63) is 16.5 Å². The van der Waals surface area contributed by atoms with E-state index in [9.17, 15) is 0 Å². The molecule has 19 heavy (non-hydrogen) atoms. The number of hydrogen-bond donors (Lipinski definition) is 2. The molecule has 1 aliphatic rings. The lowest BCUT2D eigenvalue weighted by Crippen LogP contribution is -2.50. The average molecular weight is 298 g/mol. The van der Waals surface area contributed by atoms with Gasteiger partial charge in [0.25, 0.3) is 0 Å². The molecule has 7 heteroatoms. The summed E-state index contributed by atoms with van der Waals surface area (Å²) in [6, 6.07) is 2.31. The Morgan fingerprint density at radius 2 is 2.42 bits per heavy atom. The van der Waals surface area contributed by atoms with E-state index in [4.69, 9.17) is 17.3 Å². The Bertz CT molecular complexity index is 566. The lowest BCUT2D eigenvalue weighted by atomic mass is 9.99. The molecule has 102 valence electrons. The zero-order valence-electron chi connectivity index (χ0n) is 10.6. The number of anilines is 1. The molecule has 2 atom stereocenters. The third-order valence-electron chi connectivity index (χ3n) is 3.61. The summed E-state index contributed by atoms with van der Waals surface area (Å²) >= 11 is 7.67. The van der Waals surface area contributed by atoms with E-state index in [0.29, 0.717) is 11.0 Å². The number of halogens is 1. The van der Waals surface area contributed by atoms with E-state index >= 15 is 0 Å². The Labute approximate surface area is 120 Å². The van der Waals surface area contributed by atoms with Gasteiger partial charge in [0.05, 0.1) is 9.90 Å². The second-order valence-electron chi connectivity index (χ2n) is 4.82. The van der Waals surface area contributed by atoms with Crippen LogP contribution in [0.25, 0.3) is 10.7 Å². The van der Waals surface area contributed by atoms with Gasteiger partial charge in [-0.1, -0.05) is 11.6 Å². The van der Waals surface area contributed by atoms with Crippen LogP contribution in [0.5, 0.6) is 0 Å². The number of rotatable bonds is 2. The highest BCUT2D eigenvalue weighted by molar-refractivity contribution is 7.14. The summed E-state index contributed by atoms with van der Waals surface area (Å²) in [5, 5.41) is 9.92. The van der Waals surface area contributed by atoms with Crippen molar-refractivity contribution in [3.8, 4) is 10.7 Å². The molecule has 0 bridgehead atoms. The van der Waals surface area contributed by atoms with Crippen LogP contribution in [0.1, 0.15) is 19.8 Å². The molecule has 3 rings (SSSR count). The van der Waals surface area contributed by atoms with Gasteiger partial charge in [-0.25, -0.2) is 0 Å². The van der Waals surface area contributed by atoms with Crippen LogP contribution in [0.4, 0.5) is 5.95 Å². The van der Waals surface area contributed by atoms with Gasteiger partial charge >= 0.3 is 0 Å². The molecule has 1 saturated heterocycles. The minimum atomic E-state index is 0.182. The maximum atomic E-state index is 6.11. The van der Waals surface area contributed by atoms with E-state index < -0.39 is 0 Å². The Morgan fingerprint density at radius 1 is 1.58 bits per heavy atom. The Balaban J connectivity index is 1.87. The van der Waals surface area contributed by atoms with Gasteiger partial charge in [-0.15, -0.1) is 16.4 Å². The van der Waals surface area contributed by atoms with Gasteiger partial charge in [0.1, 0.15) is 0 Å². The normalized spacial score (nSPS) is 23.8. The van der Waals surface area contributed by atoms with Crippen molar-refractivity contribution in [3.63, 3.8) is 0 Å². The Morgan fingerprint density at radius 3 is 3.16 bits per heavy atom. The molecule has 0 aromatic carbocycles. The van der Waals surface area contributed by atoms with E-state index in [0.717, 1.165) is 30.1 Å². The minimum absolute atomic E-state index is 0.182. The largest absolute Gasteiger partial charge is 0.335 e. The molecule has 2 aromatic heterocycles. The molecule has 5 nitrogen and oxygen atoms in total. The van der Waals surface area contributed by atoms with E-state index in [1.54, 1.807) is 11.3 Å². The second kappa shape index (κ2) is 5.11. The molecular weight excluding hydrogens is 282 g/mol. The Kier molecular flexibility index (Phi) is 3.47. The van der Waals surface area contributed by atoms with Crippen molar-refractivity contribution in [2.45, 2.75) is 31.8 Å². The molecule has 0 saturated carbocycles. The molecule has 0 spiro atoms. The summed E-state index contributed by atoms with van der Waals surface area (Å²) in [5.74, 6) is 1.43. The SMILES string of the molecule is CC1C(N)CCCN1c1n[nH]c(-c2sccc2Cl)n1. The fraction of sp³-hybridized carbons (Fsp3) is 0.500. The second-order valence-corrected chi connectivity index (χ2v) is 6.15. The fourth-order valence-corrected chi connectivity index (χ4v) is 3.49. The molecule has 1 aliphatic heterocycles. The molecule has 2 unspecified atom stereocenters. The quantitative estimate of drug-likeness (QED) is 0.893. The number of piperidine rings is 1. The first kappa shape index (κ1) is 12.9. The van der Waals surface area contributed by atoms with Gasteiger partial charge in [0.15, 0.2) is 5.82 Å². The van der Waals surface area contributed by atoms with Gasteiger partial charge in [-0.3, -0.25) is 5.10 Å². The number of aromatic amines is 1. The van der Waals surface area contributed by atoms with Crippen molar-refractivity contribution >= 4 is 28.9 Å². The van der Waals surface area contributed by atoms with Gasteiger partial charge in [0.2, 0.25) is 5.95 Å². The summed E-state index contributed by atoms with van der Waals surface area (Å²) in [6.07, 6.45) is 2.14. The highest BCUT2D eigenvalue weighted by Gasteiger charge is 2.28. The van der Waals surface area contributed by atoms with Crippen molar-refractivity contribution in [2.24, 2.45) is 5.73 Å². The summed E-state index contributed by atoms with van der Waals surface area (Å²) < 4.78 is 0. The van der Waals surface area contributed by atoms with Crippen molar-refractivity contribution in [2.75, 3.05) is 11.4 Å². The maximum absolute atomic E-state index is 6.11. The minimum Gasteiger partial charge on any atom is -0.335 e. The number of thiophene rings is 1. The van der Waals surface area contributed by atoms with Crippen LogP contribution in [-0.4, -0.2) is 33.8 Å². The molecule has 3 heterocycles. The molecular formula is C12H16ClN5S. The number of nitrogens with one attached hydrogen (secondary N) is 1. The first-order chi connectivity index (χ1) is 9.16. The van der Waals surface area contributed by atoms with Crippen LogP contribution < -0.4 is 10.6 Å². The first-order valence-electron chi connectivity index (χ1n) is 6.35. The lowest BCUT2D eigenvalue weighted by molar-refractivity contribution is 0.416. The lowest BCUT2D eigenvalue weighted by Gasteiger charge is -2.36. The van der Waals surface area contributed by atoms with Crippen LogP contribution in [0.15, 0.2) is 11.4 Å². The third kappa shape index (κ3) is 2.35. The monoisotopic (exact) mass is 297 g/mol. The van der Waals surface area contributed by atoms with Crippen LogP contribution in [-0.2, 0) is 0 Å². The van der Waals surface area contributed by atoms with Crippen molar-refractivity contribution in [1.29, 1.82) is 0 Å². The molecule has 0 amide bonds. The van der Waals surface area contributed by atoms with Crippen LogP contribution in [0.2, 0.25) is 5.02 Å². The maximum Gasteiger partial charge on any atom is 0.245 e. The number of nitrogens with two attached hydrogens (primary N) is 1. The van der Waals surface area contributed by atoms with E-state index in [1.165, 1.54) is 0 Å². The number of hydrogen-bond acceptors (Lipinski definition) is 5. The Hall–Kier alpha value is -1.11. The van der Waals surface area contributed by atoms with Crippen LogP contribution in [0, 0.1) is 0 Å². The summed E-state index contributed by atoms with van der Waals surface area (Å²) in [5.41, 5.74) is 6.11. The molecule has 3 N–H and O–H groups in total. The fourth-order valence-electron chi connectivity index (χ4n) is 2.40. The van der Waals surface area contributed by atoms with Gasteiger partial charge < -0.3 is 10.6 Å². The predicted octanol–water partition coefficient (Wildman–Crippen LogP) is 2.50. The smallest absolute Gasteiger partial charge is 0.245 e. The molecule has 1 fully saturated rings. The third-order valence-corrected chi connectivity index (χ3v) is 4.96. The standard InChI is InChI=1S/C12H16ClN5S/c1-7-9(14)3-2-5-18(7)12-15-11(16-17-12)10-8(13)4-6-19-10/h4,6-7,9H,2-3,5,14H2,1H3,(H,15,16,17). The van der Waals surface area contributed by atoms with Crippen LogP contribution >= 0.6 is 22.9 Å². The summed E-state index contributed by atoms with van der Waals surface area (Å²) in [7, 11) is 0. The zero-order chi connectivity index (χ0) is 13.4. The first-order valence-corrected chi connectivity index (χ1v) is 7.60. The van der Waals surface area contributed by atoms with E-state index in [1.807, 2.05) is 11.4 Å². The predicted molar refractivity (Wildman–Crippen MR) is 78.7 cm³/mol. The molecule has 0 aliphatic carbocycles. The van der Waals surface area contributed by atoms with Crippen molar-refractivity contribution < 1.29 is 0 Å². The van der Waals surface area contributed by atoms with Gasteiger partial charge in [0, 0.05) is 18.6 Å².